The predicted octanol–water partition coefficient (Wildman–Crippen LogP) is 4.15. The Hall–Kier alpha value is -2.06. The fourth-order valence-electron chi connectivity index (χ4n) is 3.04. The lowest BCUT2D eigenvalue weighted by Gasteiger charge is -2.21. The summed E-state index contributed by atoms with van der Waals surface area (Å²) >= 11 is 0. The molecule has 0 amide bonds. The summed E-state index contributed by atoms with van der Waals surface area (Å²) in [6, 6.07) is 19.9. The zero-order valence-electron chi connectivity index (χ0n) is 12.7. The Bertz CT molecular complexity index is 713. The Labute approximate surface area is 126 Å². The molecule has 0 aliphatic heterocycles. The maximum Gasteiger partial charge on any atom is 0.0598 e. The van der Waals surface area contributed by atoms with Crippen LogP contribution in [0.4, 0.5) is 0 Å². The van der Waals surface area contributed by atoms with Crippen LogP contribution in [-0.2, 0) is 0 Å². The van der Waals surface area contributed by atoms with E-state index in [-0.39, 0.29) is 0 Å². The van der Waals surface area contributed by atoms with Gasteiger partial charge in [-0.05, 0) is 50.2 Å². The first-order valence-electron chi connectivity index (χ1n) is 7.57. The Morgan fingerprint density at radius 3 is 2.57 bits per heavy atom. The van der Waals surface area contributed by atoms with Gasteiger partial charge in [-0.25, -0.2) is 0 Å². The van der Waals surface area contributed by atoms with Crippen LogP contribution in [0.5, 0.6) is 0 Å². The van der Waals surface area contributed by atoms with E-state index < -0.39 is 0 Å². The number of fused-ring (bicyclic) bond motifs is 1. The molecule has 0 bridgehead atoms. The summed E-state index contributed by atoms with van der Waals surface area (Å²) in [5.74, 6) is 0. The van der Waals surface area contributed by atoms with Gasteiger partial charge in [-0.1, -0.05) is 42.5 Å². The van der Waals surface area contributed by atoms with Crippen LogP contribution < -0.4 is 5.32 Å². The van der Waals surface area contributed by atoms with Gasteiger partial charge in [-0.2, -0.15) is 0 Å². The number of aromatic nitrogens is 1. The van der Waals surface area contributed by atoms with Crippen LogP contribution in [-0.4, -0.2) is 18.2 Å². The van der Waals surface area contributed by atoms with Gasteiger partial charge in [0, 0.05) is 17.1 Å². The minimum Gasteiger partial charge on any atom is -0.340 e. The molecule has 0 aliphatic carbocycles. The standard InChI is InChI=1S/C19H22N2/c1-15-7-6-10-19-17(15)12-14-21(19)18(11-13-20-2)16-8-4-3-5-9-16/h3-10,12,14,18,20H,11,13H2,1-2H3. The number of aryl methyl sites for hydroxylation is 1. The molecule has 2 nitrogen and oxygen atoms in total. The van der Waals surface area contributed by atoms with E-state index in [1.165, 1.54) is 22.0 Å². The van der Waals surface area contributed by atoms with Crippen LogP contribution in [0.2, 0.25) is 0 Å². The summed E-state index contributed by atoms with van der Waals surface area (Å²) < 4.78 is 2.41. The van der Waals surface area contributed by atoms with Crippen LogP contribution in [0.3, 0.4) is 0 Å². The number of benzene rings is 2. The lowest BCUT2D eigenvalue weighted by atomic mass is 10.0. The quantitative estimate of drug-likeness (QED) is 0.742. The number of nitrogens with one attached hydrogen (secondary N) is 1. The summed E-state index contributed by atoms with van der Waals surface area (Å²) in [4.78, 5) is 0. The second-order valence-corrected chi connectivity index (χ2v) is 5.55. The second-order valence-electron chi connectivity index (χ2n) is 5.55. The van der Waals surface area contributed by atoms with Crippen molar-refractivity contribution in [2.45, 2.75) is 19.4 Å². The molecule has 1 heterocycles. The molecule has 0 saturated heterocycles. The Kier molecular flexibility index (Phi) is 4.07. The summed E-state index contributed by atoms with van der Waals surface area (Å²) in [5, 5.41) is 4.63. The normalized spacial score (nSPS) is 12.7. The first-order chi connectivity index (χ1) is 10.3. The highest BCUT2D eigenvalue weighted by molar-refractivity contribution is 5.83. The van der Waals surface area contributed by atoms with E-state index in [4.69, 9.17) is 0 Å². The second kappa shape index (κ2) is 6.15. The van der Waals surface area contributed by atoms with E-state index in [9.17, 15) is 0 Å². The van der Waals surface area contributed by atoms with Gasteiger partial charge in [0.15, 0.2) is 0 Å². The van der Waals surface area contributed by atoms with Crippen molar-refractivity contribution in [1.29, 1.82) is 0 Å². The third kappa shape index (κ3) is 2.72. The number of rotatable bonds is 5. The highest BCUT2D eigenvalue weighted by atomic mass is 15.0. The summed E-state index contributed by atoms with van der Waals surface area (Å²) in [6.45, 7) is 3.18. The molecule has 0 fully saturated rings. The SMILES string of the molecule is CNCCC(c1ccccc1)n1ccc2c(C)cccc21. The largest absolute Gasteiger partial charge is 0.340 e. The van der Waals surface area contributed by atoms with Crippen molar-refractivity contribution < 1.29 is 0 Å². The van der Waals surface area contributed by atoms with Gasteiger partial charge < -0.3 is 9.88 Å². The zero-order chi connectivity index (χ0) is 14.7. The van der Waals surface area contributed by atoms with Crippen LogP contribution in [0.1, 0.15) is 23.6 Å². The summed E-state index contributed by atoms with van der Waals surface area (Å²) in [6.07, 6.45) is 3.31. The molecule has 0 aliphatic rings. The maximum absolute atomic E-state index is 3.28. The molecule has 0 saturated carbocycles. The third-order valence-corrected chi connectivity index (χ3v) is 4.17. The molecule has 1 N–H and O–H groups in total. The molecular formula is C19H22N2. The molecule has 0 spiro atoms. The summed E-state index contributed by atoms with van der Waals surface area (Å²) in [7, 11) is 2.01. The molecule has 1 unspecified atom stereocenters. The minimum absolute atomic E-state index is 0.373. The maximum atomic E-state index is 3.28. The van der Waals surface area contributed by atoms with Crippen LogP contribution >= 0.6 is 0 Å². The van der Waals surface area contributed by atoms with Crippen molar-refractivity contribution in [2.75, 3.05) is 13.6 Å². The molecule has 2 heteroatoms. The van der Waals surface area contributed by atoms with Gasteiger partial charge in [0.25, 0.3) is 0 Å². The van der Waals surface area contributed by atoms with E-state index in [0.717, 1.165) is 13.0 Å². The van der Waals surface area contributed by atoms with Crippen molar-refractivity contribution in [3.63, 3.8) is 0 Å². The Morgan fingerprint density at radius 2 is 1.81 bits per heavy atom. The molecule has 2 aromatic carbocycles. The predicted molar refractivity (Wildman–Crippen MR) is 89.8 cm³/mol. The van der Waals surface area contributed by atoms with E-state index >= 15 is 0 Å². The van der Waals surface area contributed by atoms with E-state index in [1.54, 1.807) is 0 Å². The first-order valence-corrected chi connectivity index (χ1v) is 7.57. The molecule has 21 heavy (non-hydrogen) atoms. The Balaban J connectivity index is 2.08. The molecule has 1 aromatic heterocycles. The molecule has 108 valence electrons. The highest BCUT2D eigenvalue weighted by Crippen LogP contribution is 2.28. The van der Waals surface area contributed by atoms with Crippen molar-refractivity contribution in [2.24, 2.45) is 0 Å². The molecular weight excluding hydrogens is 256 g/mol. The van der Waals surface area contributed by atoms with Gasteiger partial charge in [-0.3, -0.25) is 0 Å². The van der Waals surface area contributed by atoms with Gasteiger partial charge >= 0.3 is 0 Å². The topological polar surface area (TPSA) is 17.0 Å². The van der Waals surface area contributed by atoms with Crippen molar-refractivity contribution in [3.05, 3.63) is 71.9 Å². The highest BCUT2D eigenvalue weighted by Gasteiger charge is 2.15. The Morgan fingerprint density at radius 1 is 1.00 bits per heavy atom. The lowest BCUT2D eigenvalue weighted by Crippen LogP contribution is -2.17. The van der Waals surface area contributed by atoms with Crippen molar-refractivity contribution in [1.82, 2.24) is 9.88 Å². The lowest BCUT2D eigenvalue weighted by molar-refractivity contribution is 0.539. The molecule has 0 radical (unpaired) electrons. The minimum atomic E-state index is 0.373. The molecule has 3 aromatic rings. The van der Waals surface area contributed by atoms with Crippen molar-refractivity contribution >= 4 is 10.9 Å². The number of hydrogen-bond donors (Lipinski definition) is 1. The first kappa shape index (κ1) is 13.9. The van der Waals surface area contributed by atoms with E-state index in [2.05, 4.69) is 77.6 Å². The fourth-order valence-corrected chi connectivity index (χ4v) is 3.04. The molecule has 3 rings (SSSR count). The average molecular weight is 278 g/mol. The van der Waals surface area contributed by atoms with Crippen LogP contribution in [0, 0.1) is 6.92 Å². The van der Waals surface area contributed by atoms with Gasteiger partial charge in [-0.15, -0.1) is 0 Å². The van der Waals surface area contributed by atoms with Crippen molar-refractivity contribution in [3.8, 4) is 0 Å². The fraction of sp³-hybridized carbons (Fsp3) is 0.263. The van der Waals surface area contributed by atoms with Crippen LogP contribution in [0.25, 0.3) is 10.9 Å². The van der Waals surface area contributed by atoms with Crippen LogP contribution in [0.15, 0.2) is 60.8 Å². The van der Waals surface area contributed by atoms with E-state index in [1.807, 2.05) is 7.05 Å². The van der Waals surface area contributed by atoms with Gasteiger partial charge in [0.1, 0.15) is 0 Å². The number of hydrogen-bond acceptors (Lipinski definition) is 1. The monoisotopic (exact) mass is 278 g/mol. The van der Waals surface area contributed by atoms with Gasteiger partial charge in [0.05, 0.1) is 6.04 Å². The van der Waals surface area contributed by atoms with E-state index in [0.29, 0.717) is 6.04 Å². The average Bonchev–Trinajstić information content (AvgIpc) is 2.94. The number of nitrogens with zero attached hydrogens (tertiary/aromatic N) is 1. The smallest absolute Gasteiger partial charge is 0.0598 e. The third-order valence-electron chi connectivity index (χ3n) is 4.17. The molecule has 1 atom stereocenters. The van der Waals surface area contributed by atoms with Gasteiger partial charge in [0.2, 0.25) is 0 Å². The summed E-state index contributed by atoms with van der Waals surface area (Å²) in [5.41, 5.74) is 4.03. The zero-order valence-corrected chi connectivity index (χ0v) is 12.7.